The quantitative estimate of drug-likeness (QED) is 0.623. The van der Waals surface area contributed by atoms with Crippen molar-refractivity contribution >= 4 is 23.4 Å². The van der Waals surface area contributed by atoms with Crippen LogP contribution in [0.2, 0.25) is 0 Å². The van der Waals surface area contributed by atoms with Crippen LogP contribution in [0.1, 0.15) is 24.5 Å². The van der Waals surface area contributed by atoms with Crippen molar-refractivity contribution < 1.29 is 4.79 Å². The first-order chi connectivity index (χ1) is 13.5. The predicted octanol–water partition coefficient (Wildman–Crippen LogP) is 4.25. The number of carbonyl (C=O) groups is 1. The van der Waals surface area contributed by atoms with E-state index in [1.807, 2.05) is 53.8 Å². The molecule has 2 heterocycles. The Kier molecular flexibility index (Phi) is 5.22. The van der Waals surface area contributed by atoms with Gasteiger partial charge in [0.25, 0.3) is 0 Å². The Bertz CT molecular complexity index is 1010. The van der Waals surface area contributed by atoms with Crippen LogP contribution < -0.4 is 4.90 Å². The SMILES string of the molecule is Cc1cccc(-c2nnc(SC(C)C(=O)N3CCCc4ccccc43)n2C)c1. The molecule has 0 fully saturated rings. The van der Waals surface area contributed by atoms with Crippen LogP contribution >= 0.6 is 11.8 Å². The van der Waals surface area contributed by atoms with Gasteiger partial charge in [0.2, 0.25) is 5.91 Å². The zero-order valence-corrected chi connectivity index (χ0v) is 17.2. The lowest BCUT2D eigenvalue weighted by atomic mass is 10.0. The summed E-state index contributed by atoms with van der Waals surface area (Å²) in [6, 6.07) is 16.4. The molecule has 0 aliphatic carbocycles. The zero-order chi connectivity index (χ0) is 19.7. The van der Waals surface area contributed by atoms with Crippen molar-refractivity contribution in [3.8, 4) is 11.4 Å². The molecule has 3 aromatic rings. The predicted molar refractivity (Wildman–Crippen MR) is 114 cm³/mol. The molecule has 2 aromatic carbocycles. The minimum atomic E-state index is -0.237. The first kappa shape index (κ1) is 18.7. The van der Waals surface area contributed by atoms with Crippen LogP contribution in [0.4, 0.5) is 5.69 Å². The second-order valence-electron chi connectivity index (χ2n) is 7.22. The first-order valence-electron chi connectivity index (χ1n) is 9.57. The number of benzene rings is 2. The fourth-order valence-corrected chi connectivity index (χ4v) is 4.52. The summed E-state index contributed by atoms with van der Waals surface area (Å²) in [6.45, 7) is 4.78. The number of nitrogens with zero attached hydrogens (tertiary/aromatic N) is 4. The van der Waals surface area contributed by atoms with E-state index < -0.39 is 0 Å². The lowest BCUT2D eigenvalue weighted by molar-refractivity contribution is -0.117. The maximum Gasteiger partial charge on any atom is 0.240 e. The first-order valence-corrected chi connectivity index (χ1v) is 10.4. The smallest absolute Gasteiger partial charge is 0.240 e. The van der Waals surface area contributed by atoms with Crippen molar-refractivity contribution in [1.29, 1.82) is 0 Å². The number of para-hydroxylation sites is 1. The van der Waals surface area contributed by atoms with Crippen molar-refractivity contribution in [3.63, 3.8) is 0 Å². The third-order valence-corrected chi connectivity index (χ3v) is 6.24. The summed E-state index contributed by atoms with van der Waals surface area (Å²) in [5.41, 5.74) is 4.51. The van der Waals surface area contributed by atoms with Gasteiger partial charge in [0, 0.05) is 24.8 Å². The zero-order valence-electron chi connectivity index (χ0n) is 16.4. The molecule has 0 radical (unpaired) electrons. The molecule has 1 aliphatic rings. The minimum Gasteiger partial charge on any atom is -0.311 e. The number of fused-ring (bicyclic) bond motifs is 1. The summed E-state index contributed by atoms with van der Waals surface area (Å²) in [4.78, 5) is 15.1. The molecule has 6 heteroatoms. The fourth-order valence-electron chi connectivity index (χ4n) is 3.64. The van der Waals surface area contributed by atoms with Crippen molar-refractivity contribution in [2.24, 2.45) is 7.05 Å². The monoisotopic (exact) mass is 392 g/mol. The summed E-state index contributed by atoms with van der Waals surface area (Å²) < 4.78 is 1.97. The third-order valence-electron chi connectivity index (χ3n) is 5.12. The maximum absolute atomic E-state index is 13.1. The molecule has 1 amide bonds. The van der Waals surface area contributed by atoms with Crippen molar-refractivity contribution in [3.05, 3.63) is 59.7 Å². The Morgan fingerprint density at radius 1 is 1.14 bits per heavy atom. The Morgan fingerprint density at radius 3 is 2.79 bits per heavy atom. The second-order valence-corrected chi connectivity index (χ2v) is 8.52. The van der Waals surface area contributed by atoms with Gasteiger partial charge in [-0.25, -0.2) is 0 Å². The van der Waals surface area contributed by atoms with Gasteiger partial charge in [-0.3, -0.25) is 4.79 Å². The van der Waals surface area contributed by atoms with Crippen LogP contribution in [0, 0.1) is 6.92 Å². The minimum absolute atomic E-state index is 0.122. The molecule has 1 unspecified atom stereocenters. The number of aryl methyl sites for hydroxylation is 2. The highest BCUT2D eigenvalue weighted by Crippen LogP contribution is 2.31. The van der Waals surface area contributed by atoms with Crippen LogP contribution in [0.15, 0.2) is 53.7 Å². The lowest BCUT2D eigenvalue weighted by Crippen LogP contribution is -2.40. The van der Waals surface area contributed by atoms with E-state index in [1.165, 1.54) is 22.9 Å². The van der Waals surface area contributed by atoms with Crippen molar-refractivity contribution in [2.45, 2.75) is 37.1 Å². The van der Waals surface area contributed by atoms with Crippen LogP contribution in [0.3, 0.4) is 0 Å². The topological polar surface area (TPSA) is 51.0 Å². The van der Waals surface area contributed by atoms with Crippen molar-refractivity contribution in [1.82, 2.24) is 14.8 Å². The Balaban J connectivity index is 1.53. The number of rotatable bonds is 4. The Morgan fingerprint density at radius 2 is 1.96 bits per heavy atom. The van der Waals surface area contributed by atoms with E-state index in [1.54, 1.807) is 0 Å². The van der Waals surface area contributed by atoms with Crippen LogP contribution in [-0.4, -0.2) is 32.5 Å². The molecular formula is C22H24N4OS. The average molecular weight is 393 g/mol. The molecule has 0 bridgehead atoms. The van der Waals surface area contributed by atoms with Crippen LogP contribution in [0.25, 0.3) is 11.4 Å². The highest BCUT2D eigenvalue weighted by molar-refractivity contribution is 8.00. The van der Waals surface area contributed by atoms with E-state index in [0.29, 0.717) is 0 Å². The summed E-state index contributed by atoms with van der Waals surface area (Å²) in [6.07, 6.45) is 2.03. The second kappa shape index (κ2) is 7.80. The molecule has 0 saturated carbocycles. The highest BCUT2D eigenvalue weighted by atomic mass is 32.2. The molecule has 0 N–H and O–H groups in total. The molecular weight excluding hydrogens is 368 g/mol. The van der Waals surface area contributed by atoms with E-state index in [-0.39, 0.29) is 11.2 Å². The number of hydrogen-bond acceptors (Lipinski definition) is 4. The fraction of sp³-hybridized carbons (Fsp3) is 0.318. The van der Waals surface area contributed by atoms with E-state index in [0.717, 1.165) is 41.6 Å². The Labute approximate surface area is 169 Å². The van der Waals surface area contributed by atoms with Gasteiger partial charge in [-0.1, -0.05) is 53.7 Å². The standard InChI is InChI=1S/C22H24N4OS/c1-15-8-6-10-18(14-15)20-23-24-22(25(20)3)28-16(2)21(27)26-13-7-11-17-9-4-5-12-19(17)26/h4-6,8-10,12,14,16H,7,11,13H2,1-3H3. The molecule has 28 heavy (non-hydrogen) atoms. The van der Waals surface area contributed by atoms with E-state index >= 15 is 0 Å². The summed E-state index contributed by atoms with van der Waals surface area (Å²) in [5.74, 6) is 0.937. The number of carbonyl (C=O) groups excluding carboxylic acids is 1. The average Bonchev–Trinajstić information content (AvgIpc) is 3.07. The van der Waals surface area contributed by atoms with Gasteiger partial charge in [-0.05, 0) is 44.4 Å². The van der Waals surface area contributed by atoms with Gasteiger partial charge in [-0.2, -0.15) is 0 Å². The van der Waals surface area contributed by atoms with Crippen molar-refractivity contribution in [2.75, 3.05) is 11.4 Å². The number of amides is 1. The van der Waals surface area contributed by atoms with Gasteiger partial charge in [0.15, 0.2) is 11.0 Å². The highest BCUT2D eigenvalue weighted by Gasteiger charge is 2.28. The maximum atomic E-state index is 13.1. The van der Waals surface area contributed by atoms with E-state index in [9.17, 15) is 4.79 Å². The molecule has 1 atom stereocenters. The van der Waals surface area contributed by atoms with Gasteiger partial charge in [-0.15, -0.1) is 10.2 Å². The molecule has 0 spiro atoms. The summed E-state index contributed by atoms with van der Waals surface area (Å²) in [5, 5.41) is 9.21. The third kappa shape index (κ3) is 3.56. The normalized spacial score (nSPS) is 14.6. The van der Waals surface area contributed by atoms with Gasteiger partial charge < -0.3 is 9.47 Å². The van der Waals surface area contributed by atoms with Crippen LogP contribution in [-0.2, 0) is 18.3 Å². The summed E-state index contributed by atoms with van der Waals surface area (Å²) >= 11 is 1.46. The summed E-state index contributed by atoms with van der Waals surface area (Å²) in [7, 11) is 1.95. The molecule has 144 valence electrons. The molecule has 1 aromatic heterocycles. The van der Waals surface area contributed by atoms with Gasteiger partial charge >= 0.3 is 0 Å². The van der Waals surface area contributed by atoms with Gasteiger partial charge in [0.05, 0.1) is 5.25 Å². The number of thioether (sulfide) groups is 1. The lowest BCUT2D eigenvalue weighted by Gasteiger charge is -2.31. The van der Waals surface area contributed by atoms with E-state index in [4.69, 9.17) is 0 Å². The van der Waals surface area contributed by atoms with Gasteiger partial charge in [0.1, 0.15) is 0 Å². The largest absolute Gasteiger partial charge is 0.311 e. The molecule has 1 aliphatic heterocycles. The number of anilines is 1. The molecule has 0 saturated heterocycles. The molecule has 5 nitrogen and oxygen atoms in total. The molecule has 4 rings (SSSR count). The Hall–Kier alpha value is -2.60. The van der Waals surface area contributed by atoms with Crippen LogP contribution in [0.5, 0.6) is 0 Å². The number of aromatic nitrogens is 3. The number of hydrogen-bond donors (Lipinski definition) is 0. The van der Waals surface area contributed by atoms with E-state index in [2.05, 4.69) is 35.3 Å².